The lowest BCUT2D eigenvalue weighted by Crippen LogP contribution is -2.44. The molecule has 0 bridgehead atoms. The second-order valence-corrected chi connectivity index (χ2v) is 16.3. The van der Waals surface area contributed by atoms with E-state index in [0.29, 0.717) is 31.6 Å². The van der Waals surface area contributed by atoms with Crippen molar-refractivity contribution in [1.29, 1.82) is 0 Å². The number of carbonyl (C=O) groups is 3. The Hall–Kier alpha value is -6.79. The number of amides is 3. The maximum absolute atomic E-state index is 13.1. The van der Waals surface area contributed by atoms with Gasteiger partial charge in [0.2, 0.25) is 5.91 Å². The summed E-state index contributed by atoms with van der Waals surface area (Å²) >= 11 is 0. The highest BCUT2D eigenvalue weighted by Crippen LogP contribution is 2.42. The Morgan fingerprint density at radius 2 is 1.19 bits per heavy atom. The smallest absolute Gasteiger partial charge is 0.353 e. The molecule has 8 rings (SSSR count). The number of aryl methyl sites for hydroxylation is 1. The molecular weight excluding hydrogens is 871 g/mol. The Balaban J connectivity index is 0.000000251. The van der Waals surface area contributed by atoms with Crippen LogP contribution in [0.4, 0.5) is 17.1 Å². The molecule has 3 aromatic rings. The van der Waals surface area contributed by atoms with E-state index in [1.807, 2.05) is 54.0 Å². The van der Waals surface area contributed by atoms with Crippen LogP contribution in [0.3, 0.4) is 0 Å². The third-order valence-corrected chi connectivity index (χ3v) is 12.5. The van der Waals surface area contributed by atoms with E-state index in [1.165, 1.54) is 27.9 Å². The molecule has 5 aliphatic heterocycles. The van der Waals surface area contributed by atoms with Crippen molar-refractivity contribution >= 4 is 72.7 Å². The number of hydrogen-bond donors (Lipinski definition) is 0. The fourth-order valence-corrected chi connectivity index (χ4v) is 9.34. The molecule has 0 aliphatic carbocycles. The van der Waals surface area contributed by atoms with Gasteiger partial charge in [-0.1, -0.05) is 94.4 Å². The maximum atomic E-state index is 13.1. The summed E-state index contributed by atoms with van der Waals surface area (Å²) in [5, 5.41) is 0. The minimum atomic E-state index is -0.562. The normalized spacial score (nSPS) is 20.0. The second-order valence-electron chi connectivity index (χ2n) is 16.3. The lowest BCUT2D eigenvalue weighted by molar-refractivity contribution is -0.193. The summed E-state index contributed by atoms with van der Waals surface area (Å²) in [7, 11) is 0. The molecule has 68 heavy (non-hydrogen) atoms. The molecule has 6 unspecified atom stereocenters. The summed E-state index contributed by atoms with van der Waals surface area (Å²) in [6.07, 6.45) is 12.4. The Labute approximate surface area is 398 Å². The third kappa shape index (κ3) is 13.4. The van der Waals surface area contributed by atoms with Crippen molar-refractivity contribution in [3.63, 3.8) is 0 Å². The molecule has 5 aliphatic rings. The van der Waals surface area contributed by atoms with Gasteiger partial charge in [0.25, 0.3) is 11.8 Å². The topological polar surface area (TPSA) is 207 Å². The van der Waals surface area contributed by atoms with E-state index in [1.54, 1.807) is 0 Å². The van der Waals surface area contributed by atoms with Gasteiger partial charge in [0.1, 0.15) is 12.1 Å². The van der Waals surface area contributed by atoms with Gasteiger partial charge in [-0.15, -0.1) is 0 Å². The summed E-state index contributed by atoms with van der Waals surface area (Å²) < 4.78 is 11.1. The van der Waals surface area contributed by atoms with E-state index in [4.69, 9.17) is 38.2 Å². The first-order chi connectivity index (χ1) is 32.9. The fraction of sp³-hybridized carbons (Fsp3) is 0.462. The number of ether oxygens (including phenoxy) is 2. The molecule has 362 valence electrons. The summed E-state index contributed by atoms with van der Waals surface area (Å²) in [6.45, 7) is 20.5. The van der Waals surface area contributed by atoms with Crippen molar-refractivity contribution in [3.8, 4) is 0 Å². The quantitative estimate of drug-likeness (QED) is 0.136. The highest BCUT2D eigenvalue weighted by molar-refractivity contribution is 6.05. The van der Waals surface area contributed by atoms with Crippen LogP contribution in [0.15, 0.2) is 76.7 Å². The average Bonchev–Trinajstić information content (AvgIpc) is 3.99. The van der Waals surface area contributed by atoms with E-state index in [-0.39, 0.29) is 48.3 Å². The van der Waals surface area contributed by atoms with Gasteiger partial charge in [-0.3, -0.25) is 24.4 Å². The van der Waals surface area contributed by atoms with E-state index in [0.717, 1.165) is 68.3 Å². The Bertz CT molecular complexity index is 2300. The first kappa shape index (κ1) is 55.5. The molecule has 0 saturated carbocycles. The van der Waals surface area contributed by atoms with Crippen LogP contribution >= 0.6 is 0 Å². The zero-order valence-corrected chi connectivity index (χ0v) is 39.9. The van der Waals surface area contributed by atoms with Gasteiger partial charge in [0.05, 0.1) is 11.4 Å². The van der Waals surface area contributed by atoms with Crippen LogP contribution in [-0.4, -0.2) is 99.3 Å². The number of hydrogen-bond acceptors (Lipinski definition) is 13. The van der Waals surface area contributed by atoms with Crippen molar-refractivity contribution in [2.75, 3.05) is 27.9 Å². The van der Waals surface area contributed by atoms with Gasteiger partial charge in [-0.25, -0.2) is 0 Å². The van der Waals surface area contributed by atoms with Crippen molar-refractivity contribution < 1.29 is 52.6 Å². The van der Waals surface area contributed by atoms with Crippen LogP contribution in [0.1, 0.15) is 101 Å². The first-order valence-corrected chi connectivity index (χ1v) is 23.0. The molecule has 0 spiro atoms. The summed E-state index contributed by atoms with van der Waals surface area (Å²) in [5.74, 6) is 0.533. The third-order valence-electron chi connectivity index (χ3n) is 12.5. The molecule has 0 aromatic heterocycles. The predicted octanol–water partition coefficient (Wildman–Crippen LogP) is 6.85. The largest absolute Gasteiger partial charge is 0.373 e. The zero-order chi connectivity index (χ0) is 50.3. The monoisotopic (exact) mass is 933 g/mol. The molecule has 3 aromatic carbocycles. The lowest BCUT2D eigenvalue weighted by Gasteiger charge is -2.29. The Morgan fingerprint density at radius 1 is 0.691 bits per heavy atom. The van der Waals surface area contributed by atoms with Crippen LogP contribution in [0.2, 0.25) is 0 Å². The molecular formula is C52H63N5O11. The van der Waals surface area contributed by atoms with E-state index in [2.05, 4.69) is 98.5 Å². The number of aliphatic imine (C=N–C) groups is 2. The van der Waals surface area contributed by atoms with E-state index in [9.17, 15) is 14.4 Å². The van der Waals surface area contributed by atoms with Crippen LogP contribution in [-0.2, 0) is 78.3 Å². The molecule has 16 heteroatoms. The van der Waals surface area contributed by atoms with Crippen molar-refractivity contribution in [3.05, 3.63) is 94.6 Å². The number of rotatable bonds is 12. The van der Waals surface area contributed by atoms with Gasteiger partial charge < -0.3 is 24.2 Å². The number of benzene rings is 3. The Kier molecular flexibility index (Phi) is 23.2. The molecule has 5 heterocycles. The highest BCUT2D eigenvalue weighted by Gasteiger charge is 2.40. The summed E-state index contributed by atoms with van der Waals surface area (Å²) in [6, 6.07) is 20.6. The number of nitrogens with zero attached hydrogens (tertiary/aromatic N) is 5. The maximum Gasteiger partial charge on any atom is 0.373 e. The minimum absolute atomic E-state index is 0.0220. The standard InChI is InChI=1S/C19H28N2O3.C15H16N2O.C15H19NO.3CO2/c1-5-15-12-14-10-8-9-11-17(14)21(15)19(22)16(20-4)13-18(23-6-2)24-7-3;1-3-12-9-11-6-4-5-10-7-8-13(16-2)15(18)17(12)14(10)11;1-3-13-9-12-6-4-5-11-8-7-10(2)15(17)16(13)14(11)12;3*2-1-3/h8-11,15-16,18H,4-7,12-13H2,1-3H3;4-8,12-13H,2-3,9H2,1H3;4-6,10,13H,3,7-9H2,1-2H3;;;. The predicted molar refractivity (Wildman–Crippen MR) is 255 cm³/mol. The Morgan fingerprint density at radius 3 is 1.74 bits per heavy atom. The van der Waals surface area contributed by atoms with Crippen LogP contribution in [0.5, 0.6) is 0 Å². The minimum Gasteiger partial charge on any atom is -0.353 e. The van der Waals surface area contributed by atoms with E-state index < -0.39 is 18.4 Å². The molecule has 0 radical (unpaired) electrons. The van der Waals surface area contributed by atoms with Crippen LogP contribution in [0.25, 0.3) is 6.08 Å². The lowest BCUT2D eigenvalue weighted by atomic mass is 9.99. The van der Waals surface area contributed by atoms with Gasteiger partial charge in [0.15, 0.2) is 6.29 Å². The van der Waals surface area contributed by atoms with Crippen molar-refractivity contribution in [2.24, 2.45) is 15.9 Å². The van der Waals surface area contributed by atoms with Crippen LogP contribution < -0.4 is 14.7 Å². The SMILES string of the molecule is C=NC(CC(OCC)OCC)C(=O)N1c2ccccc2CC1CC.C=NC1C=Cc2cccc3c2N(C1=O)C(CC)C3.CCC1Cc2cccc3c2N1C(=O)C(C)CC3.O=C=O.O=C=O.O=C=O. The van der Waals surface area contributed by atoms with E-state index >= 15 is 0 Å². The molecule has 16 nitrogen and oxygen atoms in total. The number of fused-ring (bicyclic) bond motifs is 1. The zero-order valence-electron chi connectivity index (χ0n) is 39.9. The summed E-state index contributed by atoms with van der Waals surface area (Å²) in [5.41, 5.74) is 9.66. The molecule has 3 amide bonds. The van der Waals surface area contributed by atoms with Gasteiger partial charge in [-0.2, -0.15) is 28.8 Å². The highest BCUT2D eigenvalue weighted by atomic mass is 16.7. The number of para-hydroxylation sites is 3. The summed E-state index contributed by atoms with van der Waals surface area (Å²) in [4.78, 5) is 101. The molecule has 0 saturated heterocycles. The van der Waals surface area contributed by atoms with Crippen molar-refractivity contribution in [1.82, 2.24) is 0 Å². The second kappa shape index (κ2) is 28.4. The van der Waals surface area contributed by atoms with Gasteiger partial charge in [0, 0.05) is 49.4 Å². The number of anilines is 3. The molecule has 6 atom stereocenters. The molecule has 0 fully saturated rings. The number of carbonyl (C=O) groups excluding carboxylic acids is 9. The first-order valence-electron chi connectivity index (χ1n) is 23.0. The van der Waals surface area contributed by atoms with Crippen molar-refractivity contribution in [2.45, 2.75) is 136 Å². The van der Waals surface area contributed by atoms with Gasteiger partial charge in [-0.05, 0) is 113 Å². The fourth-order valence-electron chi connectivity index (χ4n) is 9.34. The average molecular weight is 934 g/mol. The van der Waals surface area contributed by atoms with Crippen LogP contribution in [0, 0.1) is 5.92 Å². The molecule has 0 N–H and O–H groups in total. The van der Waals surface area contributed by atoms with Gasteiger partial charge >= 0.3 is 18.5 Å².